The van der Waals surface area contributed by atoms with Gasteiger partial charge in [0.15, 0.2) is 5.54 Å². The lowest BCUT2D eigenvalue weighted by Gasteiger charge is -2.32. The Balaban J connectivity index is 1.96. The number of alkyl carbamates (subject to hydrolysis) is 1. The van der Waals surface area contributed by atoms with Crippen LogP contribution in [0.2, 0.25) is 0 Å². The summed E-state index contributed by atoms with van der Waals surface area (Å²) >= 11 is 0. The van der Waals surface area contributed by atoms with E-state index in [1.807, 2.05) is 51.1 Å². The van der Waals surface area contributed by atoms with Crippen molar-refractivity contribution in [2.45, 2.75) is 43.7 Å². The van der Waals surface area contributed by atoms with Gasteiger partial charge in [0.2, 0.25) is 0 Å². The van der Waals surface area contributed by atoms with E-state index in [9.17, 15) is 9.59 Å². The number of hydrogen-bond acceptors (Lipinski definition) is 4. The molecule has 1 saturated carbocycles. The van der Waals surface area contributed by atoms with Crippen LogP contribution in [0.15, 0.2) is 30.3 Å². The fraction of sp³-hybridized carbons (Fsp3) is 0.500. The van der Waals surface area contributed by atoms with Gasteiger partial charge in [-0.05, 0) is 32.8 Å². The summed E-state index contributed by atoms with van der Waals surface area (Å²) in [6.45, 7) is 5.64. The van der Waals surface area contributed by atoms with Crippen LogP contribution in [-0.2, 0) is 19.7 Å². The minimum atomic E-state index is -1.00. The summed E-state index contributed by atoms with van der Waals surface area (Å²) in [7, 11) is 0. The standard InChI is InChI=1S/C16H19NO4/c1-14(2,3)21-12(18)16-9-15(16,10-20-13(19)17-16)11-7-5-4-6-8-11/h4-8H,9-10H2,1-3H3,(H,17,19)/t15?,16-/m0/s1. The van der Waals surface area contributed by atoms with Gasteiger partial charge in [0.25, 0.3) is 0 Å². The van der Waals surface area contributed by atoms with Crippen molar-refractivity contribution in [1.29, 1.82) is 0 Å². The van der Waals surface area contributed by atoms with Crippen molar-refractivity contribution in [2.24, 2.45) is 0 Å². The number of hydrogen-bond donors (Lipinski definition) is 1. The van der Waals surface area contributed by atoms with E-state index in [0.29, 0.717) is 6.42 Å². The molecule has 1 amide bonds. The third-order valence-electron chi connectivity index (χ3n) is 4.10. The zero-order valence-electron chi connectivity index (χ0n) is 12.4. The molecule has 5 nitrogen and oxygen atoms in total. The molecule has 0 aromatic heterocycles. The highest BCUT2D eigenvalue weighted by atomic mass is 16.6. The highest BCUT2D eigenvalue weighted by Crippen LogP contribution is 2.60. The molecule has 1 unspecified atom stereocenters. The van der Waals surface area contributed by atoms with E-state index in [4.69, 9.17) is 9.47 Å². The van der Waals surface area contributed by atoms with Gasteiger partial charge in [0, 0.05) is 0 Å². The normalized spacial score (nSPS) is 30.7. The van der Waals surface area contributed by atoms with Crippen molar-refractivity contribution in [3.63, 3.8) is 0 Å². The number of benzene rings is 1. The van der Waals surface area contributed by atoms with E-state index < -0.39 is 28.6 Å². The average molecular weight is 289 g/mol. The highest BCUT2D eigenvalue weighted by Gasteiger charge is 2.77. The molecule has 1 aromatic carbocycles. The Labute approximate surface area is 123 Å². The number of ether oxygens (including phenoxy) is 2. The minimum absolute atomic E-state index is 0.197. The summed E-state index contributed by atoms with van der Waals surface area (Å²) in [5.74, 6) is -0.393. The molecule has 2 fully saturated rings. The molecule has 0 spiro atoms. The first-order valence-corrected chi connectivity index (χ1v) is 7.03. The van der Waals surface area contributed by atoms with Crippen LogP contribution in [0.25, 0.3) is 0 Å². The van der Waals surface area contributed by atoms with Gasteiger partial charge in [-0.25, -0.2) is 9.59 Å². The molecule has 0 radical (unpaired) electrons. The van der Waals surface area contributed by atoms with E-state index in [2.05, 4.69) is 5.32 Å². The van der Waals surface area contributed by atoms with Gasteiger partial charge >= 0.3 is 12.1 Å². The Kier molecular flexibility index (Phi) is 2.80. The topological polar surface area (TPSA) is 64.6 Å². The second-order valence-corrected chi connectivity index (χ2v) is 6.73. The van der Waals surface area contributed by atoms with Crippen molar-refractivity contribution < 1.29 is 19.1 Å². The summed E-state index contributed by atoms with van der Waals surface area (Å²) in [4.78, 5) is 24.2. The number of cyclic esters (lactones) is 1. The third-order valence-corrected chi connectivity index (χ3v) is 4.10. The van der Waals surface area contributed by atoms with Crippen molar-refractivity contribution in [3.05, 3.63) is 35.9 Å². The van der Waals surface area contributed by atoms with Gasteiger partial charge in [-0.15, -0.1) is 0 Å². The molecule has 1 saturated heterocycles. The van der Waals surface area contributed by atoms with Crippen LogP contribution in [-0.4, -0.2) is 29.8 Å². The average Bonchev–Trinajstić information content (AvgIpc) is 3.09. The van der Waals surface area contributed by atoms with Gasteiger partial charge < -0.3 is 14.8 Å². The summed E-state index contributed by atoms with van der Waals surface area (Å²) in [6.07, 6.45) is -0.0603. The molecule has 2 atom stereocenters. The molecule has 1 heterocycles. The lowest BCUT2D eigenvalue weighted by atomic mass is 9.90. The Bertz CT molecular complexity index is 592. The zero-order chi connectivity index (χ0) is 15.3. The monoisotopic (exact) mass is 289 g/mol. The van der Waals surface area contributed by atoms with Gasteiger partial charge in [-0.1, -0.05) is 30.3 Å². The predicted octanol–water partition coefficient (Wildman–Crippen LogP) is 2.15. The number of carbonyl (C=O) groups is 2. The molecule has 0 bridgehead atoms. The number of amides is 1. The van der Waals surface area contributed by atoms with Crippen molar-refractivity contribution in [3.8, 4) is 0 Å². The van der Waals surface area contributed by atoms with Crippen molar-refractivity contribution in [2.75, 3.05) is 6.61 Å². The first kappa shape index (κ1) is 13.9. The highest BCUT2D eigenvalue weighted by molar-refractivity contribution is 5.94. The number of carbonyl (C=O) groups excluding carboxylic acids is 2. The maximum atomic E-state index is 12.6. The Morgan fingerprint density at radius 3 is 2.57 bits per heavy atom. The third kappa shape index (κ3) is 2.07. The molecule has 1 aromatic rings. The van der Waals surface area contributed by atoms with Crippen LogP contribution in [0.1, 0.15) is 32.8 Å². The van der Waals surface area contributed by atoms with Crippen LogP contribution in [0, 0.1) is 0 Å². The maximum absolute atomic E-state index is 12.6. The quantitative estimate of drug-likeness (QED) is 0.847. The largest absolute Gasteiger partial charge is 0.458 e. The second kappa shape index (κ2) is 4.23. The number of esters is 1. The lowest BCUT2D eigenvalue weighted by Crippen LogP contribution is -2.56. The predicted molar refractivity (Wildman–Crippen MR) is 75.8 cm³/mol. The zero-order valence-corrected chi connectivity index (χ0v) is 12.4. The fourth-order valence-corrected chi connectivity index (χ4v) is 3.02. The summed E-state index contributed by atoms with van der Waals surface area (Å²) in [5, 5.41) is 2.69. The Hall–Kier alpha value is -2.04. The molecule has 5 heteroatoms. The first-order chi connectivity index (χ1) is 9.79. The molecule has 1 N–H and O–H groups in total. The Morgan fingerprint density at radius 1 is 1.29 bits per heavy atom. The number of rotatable bonds is 2. The van der Waals surface area contributed by atoms with Crippen LogP contribution >= 0.6 is 0 Å². The second-order valence-electron chi connectivity index (χ2n) is 6.73. The SMILES string of the molecule is CC(C)(C)OC(=O)[C@@]12CC1(c1ccccc1)COC(=O)N2. The van der Waals surface area contributed by atoms with E-state index in [-0.39, 0.29) is 6.61 Å². The van der Waals surface area contributed by atoms with Gasteiger partial charge in [0.1, 0.15) is 12.2 Å². The summed E-state index contributed by atoms with van der Waals surface area (Å²) in [6, 6.07) is 9.65. The first-order valence-electron chi connectivity index (χ1n) is 7.03. The van der Waals surface area contributed by atoms with E-state index in [0.717, 1.165) is 5.56 Å². The van der Waals surface area contributed by atoms with Gasteiger partial charge in [-0.2, -0.15) is 0 Å². The van der Waals surface area contributed by atoms with E-state index in [1.54, 1.807) is 0 Å². The maximum Gasteiger partial charge on any atom is 0.408 e. The number of nitrogens with one attached hydrogen (secondary N) is 1. The number of fused-ring (bicyclic) bond motifs is 1. The fourth-order valence-electron chi connectivity index (χ4n) is 3.02. The van der Waals surface area contributed by atoms with Crippen LogP contribution in [0.4, 0.5) is 4.79 Å². The van der Waals surface area contributed by atoms with Gasteiger partial charge in [0.05, 0.1) is 5.41 Å². The van der Waals surface area contributed by atoms with Crippen molar-refractivity contribution in [1.82, 2.24) is 5.32 Å². The summed E-state index contributed by atoms with van der Waals surface area (Å²) in [5.41, 5.74) is -1.14. The van der Waals surface area contributed by atoms with E-state index in [1.165, 1.54) is 0 Å². The molecule has 1 aliphatic carbocycles. The van der Waals surface area contributed by atoms with Crippen LogP contribution in [0.5, 0.6) is 0 Å². The van der Waals surface area contributed by atoms with Crippen LogP contribution in [0.3, 0.4) is 0 Å². The molecule has 1 aliphatic heterocycles. The lowest BCUT2D eigenvalue weighted by molar-refractivity contribution is -0.160. The molecular formula is C16H19NO4. The molecular weight excluding hydrogens is 270 g/mol. The molecule has 3 rings (SSSR count). The van der Waals surface area contributed by atoms with Crippen molar-refractivity contribution >= 4 is 12.1 Å². The van der Waals surface area contributed by atoms with E-state index >= 15 is 0 Å². The summed E-state index contributed by atoms with van der Waals surface area (Å²) < 4.78 is 10.6. The molecule has 21 heavy (non-hydrogen) atoms. The van der Waals surface area contributed by atoms with Crippen LogP contribution < -0.4 is 5.32 Å². The Morgan fingerprint density at radius 2 is 1.95 bits per heavy atom. The molecule has 2 aliphatic rings. The van der Waals surface area contributed by atoms with Gasteiger partial charge in [-0.3, -0.25) is 0 Å². The smallest absolute Gasteiger partial charge is 0.408 e. The molecule has 112 valence electrons. The minimum Gasteiger partial charge on any atom is -0.458 e.